The average molecular weight is 464 g/mol. The van der Waals surface area contributed by atoms with Crippen LogP contribution in [-0.4, -0.2) is 56.8 Å². The lowest BCUT2D eigenvalue weighted by Gasteiger charge is -2.43. The first-order valence-electron chi connectivity index (χ1n) is 11.1. The van der Waals surface area contributed by atoms with Crippen molar-refractivity contribution in [3.8, 4) is 0 Å². The first kappa shape index (κ1) is 23.6. The van der Waals surface area contributed by atoms with Gasteiger partial charge in [-0.25, -0.2) is 18.2 Å². The van der Waals surface area contributed by atoms with Crippen molar-refractivity contribution in [1.29, 1.82) is 0 Å². The van der Waals surface area contributed by atoms with Gasteiger partial charge in [0.1, 0.15) is 17.7 Å². The molecule has 7 nitrogen and oxygen atoms in total. The minimum absolute atomic E-state index is 0.0537. The maximum absolute atomic E-state index is 14.0. The Kier molecular flexibility index (Phi) is 6.96. The molecule has 2 unspecified atom stereocenters. The number of piperidine rings is 1. The fourth-order valence-electron chi connectivity index (χ4n) is 5.12. The zero-order valence-electron chi connectivity index (χ0n) is 18.3. The Morgan fingerprint density at radius 1 is 1.15 bits per heavy atom. The van der Waals surface area contributed by atoms with Crippen LogP contribution in [0.4, 0.5) is 13.2 Å². The fraction of sp³-hybridized carbons (Fsp3) is 0.522. The Labute approximate surface area is 190 Å². The van der Waals surface area contributed by atoms with E-state index in [1.807, 2.05) is 4.90 Å². The van der Waals surface area contributed by atoms with Crippen molar-refractivity contribution in [1.82, 2.24) is 20.2 Å². The van der Waals surface area contributed by atoms with Crippen molar-refractivity contribution >= 4 is 5.91 Å². The van der Waals surface area contributed by atoms with Gasteiger partial charge in [0, 0.05) is 30.4 Å². The molecule has 3 heterocycles. The van der Waals surface area contributed by atoms with Gasteiger partial charge in [0.25, 0.3) is 5.91 Å². The minimum atomic E-state index is -1.22. The number of fused-ring (bicyclic) bond motifs is 2. The number of aryl methyl sites for hydroxylation is 1. The molecule has 1 amide bonds. The lowest BCUT2D eigenvalue weighted by atomic mass is 9.82. The zero-order valence-corrected chi connectivity index (χ0v) is 18.3. The molecule has 10 heteroatoms. The van der Waals surface area contributed by atoms with Crippen LogP contribution in [0.15, 0.2) is 24.5 Å². The van der Waals surface area contributed by atoms with Crippen LogP contribution in [-0.2, 0) is 6.42 Å². The summed E-state index contributed by atoms with van der Waals surface area (Å²) in [6.07, 6.45) is 5.35. The smallest absolute Gasteiger partial charge is 0.271 e. The van der Waals surface area contributed by atoms with Crippen LogP contribution in [0.1, 0.15) is 47.4 Å². The van der Waals surface area contributed by atoms with E-state index in [0.717, 1.165) is 18.9 Å². The summed E-state index contributed by atoms with van der Waals surface area (Å²) in [7, 11) is 0. The van der Waals surface area contributed by atoms with Crippen LogP contribution in [0.5, 0.6) is 0 Å². The van der Waals surface area contributed by atoms with E-state index < -0.39 is 35.6 Å². The average Bonchev–Trinajstić information content (AvgIpc) is 3.05. The van der Waals surface area contributed by atoms with E-state index in [1.54, 1.807) is 6.92 Å². The second-order valence-corrected chi connectivity index (χ2v) is 9.02. The number of benzene rings is 1. The van der Waals surface area contributed by atoms with Gasteiger partial charge in [-0.2, -0.15) is 0 Å². The number of hydrogen-bond donors (Lipinski definition) is 3. The summed E-state index contributed by atoms with van der Waals surface area (Å²) in [5, 5.41) is 13.5. The first-order chi connectivity index (χ1) is 15.7. The van der Waals surface area contributed by atoms with Gasteiger partial charge in [0.05, 0.1) is 18.4 Å². The van der Waals surface area contributed by atoms with Crippen LogP contribution in [0.2, 0.25) is 0 Å². The highest BCUT2D eigenvalue weighted by atomic mass is 19.2. The SMILES string of the molecule is Cc1cnc(C(=O)NCC(O)N2[C@@H]3CC[C@H]2CC([C@H](N)Cc2cc(F)c(F)cc2F)C3)cn1. The zero-order chi connectivity index (χ0) is 23.7. The molecule has 1 aromatic carbocycles. The van der Waals surface area contributed by atoms with E-state index in [4.69, 9.17) is 5.73 Å². The summed E-state index contributed by atoms with van der Waals surface area (Å²) in [5.74, 6) is -3.44. The molecule has 0 saturated carbocycles. The molecule has 2 bridgehead atoms. The third-order valence-corrected chi connectivity index (χ3v) is 6.78. The van der Waals surface area contributed by atoms with Crippen LogP contribution in [0, 0.1) is 30.3 Å². The Morgan fingerprint density at radius 3 is 2.45 bits per heavy atom. The first-order valence-corrected chi connectivity index (χ1v) is 11.1. The Bertz CT molecular complexity index is 992. The standard InChI is InChI=1S/C23H28F3N5O2/c1-12-9-29-21(10-28-12)23(33)30-11-22(32)31-15-2-3-16(31)5-14(4-15)20(27)7-13-6-18(25)19(26)8-17(13)24/h6,8-10,14-16,20,22,32H,2-5,7,11,27H2,1H3,(H,30,33)/t14?,15-,16+,20-,22?/m1/s1. The molecule has 0 aliphatic carbocycles. The van der Waals surface area contributed by atoms with Crippen LogP contribution < -0.4 is 11.1 Å². The highest BCUT2D eigenvalue weighted by Gasteiger charge is 2.44. The molecule has 5 atom stereocenters. The molecule has 4 rings (SSSR count). The Hall–Kier alpha value is -2.56. The monoisotopic (exact) mass is 463 g/mol. The molecule has 2 fully saturated rings. The number of halogens is 3. The molecule has 178 valence electrons. The second kappa shape index (κ2) is 9.74. The summed E-state index contributed by atoms with van der Waals surface area (Å²) in [5.41, 5.74) is 7.31. The van der Waals surface area contributed by atoms with Crippen LogP contribution in [0.25, 0.3) is 0 Å². The minimum Gasteiger partial charge on any atom is -0.376 e. The number of nitrogens with one attached hydrogen (secondary N) is 1. The van der Waals surface area contributed by atoms with Gasteiger partial charge in [-0.1, -0.05) is 0 Å². The van der Waals surface area contributed by atoms with E-state index in [0.29, 0.717) is 24.6 Å². The topological polar surface area (TPSA) is 104 Å². The maximum Gasteiger partial charge on any atom is 0.271 e. The number of aliphatic hydroxyl groups is 1. The summed E-state index contributed by atoms with van der Waals surface area (Å²) >= 11 is 0. The molecule has 2 aliphatic heterocycles. The van der Waals surface area contributed by atoms with Crippen molar-refractivity contribution in [3.63, 3.8) is 0 Å². The lowest BCUT2D eigenvalue weighted by Crippen LogP contribution is -2.54. The highest BCUT2D eigenvalue weighted by molar-refractivity contribution is 5.91. The van der Waals surface area contributed by atoms with E-state index in [-0.39, 0.29) is 42.2 Å². The molecule has 1 aromatic heterocycles. The summed E-state index contributed by atoms with van der Waals surface area (Å²) in [6, 6.07) is 1.18. The van der Waals surface area contributed by atoms with Crippen molar-refractivity contribution in [2.24, 2.45) is 11.7 Å². The van der Waals surface area contributed by atoms with Gasteiger partial charge in [0.2, 0.25) is 0 Å². The van der Waals surface area contributed by atoms with Gasteiger partial charge in [-0.15, -0.1) is 0 Å². The number of rotatable bonds is 7. The largest absolute Gasteiger partial charge is 0.376 e. The molecule has 33 heavy (non-hydrogen) atoms. The van der Waals surface area contributed by atoms with E-state index in [1.165, 1.54) is 12.4 Å². The van der Waals surface area contributed by atoms with E-state index in [2.05, 4.69) is 15.3 Å². The van der Waals surface area contributed by atoms with Crippen molar-refractivity contribution in [2.45, 2.75) is 63.4 Å². The number of carbonyl (C=O) groups is 1. The van der Waals surface area contributed by atoms with Gasteiger partial charge in [0.15, 0.2) is 11.6 Å². The quantitative estimate of drug-likeness (QED) is 0.543. The van der Waals surface area contributed by atoms with Crippen molar-refractivity contribution in [3.05, 3.63) is 58.9 Å². The summed E-state index contributed by atoms with van der Waals surface area (Å²) in [4.78, 5) is 22.4. The summed E-state index contributed by atoms with van der Waals surface area (Å²) < 4.78 is 40.8. The molecular formula is C23H28F3N5O2. The highest BCUT2D eigenvalue weighted by Crippen LogP contribution is 2.41. The van der Waals surface area contributed by atoms with E-state index >= 15 is 0 Å². The van der Waals surface area contributed by atoms with Crippen LogP contribution >= 0.6 is 0 Å². The molecular weight excluding hydrogens is 435 g/mol. The molecule has 0 spiro atoms. The number of aliphatic hydroxyl groups excluding tert-OH is 1. The van der Waals surface area contributed by atoms with Gasteiger partial charge in [-0.3, -0.25) is 14.7 Å². The number of carbonyl (C=O) groups excluding carboxylic acids is 1. The third-order valence-electron chi connectivity index (χ3n) is 6.78. The molecule has 2 aromatic rings. The Morgan fingerprint density at radius 2 is 1.82 bits per heavy atom. The van der Waals surface area contributed by atoms with Gasteiger partial charge >= 0.3 is 0 Å². The number of nitrogens with zero attached hydrogens (tertiary/aromatic N) is 3. The number of amides is 1. The van der Waals surface area contributed by atoms with Crippen LogP contribution in [0.3, 0.4) is 0 Å². The molecule has 2 saturated heterocycles. The molecule has 0 radical (unpaired) electrons. The number of aromatic nitrogens is 2. The fourth-order valence-corrected chi connectivity index (χ4v) is 5.12. The molecule has 4 N–H and O–H groups in total. The van der Waals surface area contributed by atoms with Crippen molar-refractivity contribution in [2.75, 3.05) is 6.54 Å². The third kappa shape index (κ3) is 5.18. The van der Waals surface area contributed by atoms with Gasteiger partial charge in [-0.05, 0) is 56.6 Å². The van der Waals surface area contributed by atoms with E-state index in [9.17, 15) is 23.1 Å². The molecule has 2 aliphatic rings. The lowest BCUT2D eigenvalue weighted by molar-refractivity contribution is -0.0567. The van der Waals surface area contributed by atoms with Gasteiger partial charge < -0.3 is 16.2 Å². The number of hydrogen-bond acceptors (Lipinski definition) is 6. The predicted octanol–water partition coefficient (Wildman–Crippen LogP) is 2.06. The second-order valence-electron chi connectivity index (χ2n) is 9.02. The normalized spacial score (nSPS) is 24.5. The predicted molar refractivity (Wildman–Crippen MR) is 114 cm³/mol. The summed E-state index contributed by atoms with van der Waals surface area (Å²) in [6.45, 7) is 1.83. The maximum atomic E-state index is 14.0. The number of nitrogens with two attached hydrogens (primary N) is 1. The van der Waals surface area contributed by atoms with Crippen molar-refractivity contribution < 1.29 is 23.1 Å². The Balaban J connectivity index is 1.33.